The molecular weight excluding hydrogens is 240 g/mol. The summed E-state index contributed by atoms with van der Waals surface area (Å²) in [4.78, 5) is 11.5. The summed E-state index contributed by atoms with van der Waals surface area (Å²) in [5.41, 5.74) is 1.28. The minimum Gasteiger partial charge on any atom is -0.490 e. The second kappa shape index (κ2) is 7.82. The summed E-state index contributed by atoms with van der Waals surface area (Å²) in [5.74, 6) is 0.547. The molecule has 1 aromatic rings. The first kappa shape index (κ1) is 15.5. The molecule has 0 bridgehead atoms. The van der Waals surface area contributed by atoms with Crippen molar-refractivity contribution in [3.63, 3.8) is 0 Å². The van der Waals surface area contributed by atoms with E-state index in [0.717, 1.165) is 18.6 Å². The lowest BCUT2D eigenvalue weighted by Crippen LogP contribution is -2.26. The molecule has 0 aliphatic heterocycles. The summed E-state index contributed by atoms with van der Waals surface area (Å²) in [7, 11) is 0. The minimum atomic E-state index is -0.180. The van der Waals surface area contributed by atoms with Gasteiger partial charge in [-0.25, -0.2) is 0 Å². The molecule has 0 saturated carbocycles. The molecule has 1 unspecified atom stereocenters. The van der Waals surface area contributed by atoms with Gasteiger partial charge >= 0.3 is 5.97 Å². The largest absolute Gasteiger partial charge is 0.490 e. The van der Waals surface area contributed by atoms with Crippen LogP contribution in [-0.2, 0) is 16.0 Å². The van der Waals surface area contributed by atoms with Crippen LogP contribution in [0.4, 0.5) is 0 Å². The van der Waals surface area contributed by atoms with E-state index in [4.69, 9.17) is 9.47 Å². The van der Waals surface area contributed by atoms with E-state index in [9.17, 15) is 4.79 Å². The number of hydrogen-bond acceptors (Lipinski definition) is 3. The van der Waals surface area contributed by atoms with Gasteiger partial charge in [0.2, 0.25) is 0 Å². The van der Waals surface area contributed by atoms with Gasteiger partial charge in [-0.05, 0) is 30.5 Å². The van der Waals surface area contributed by atoms with Crippen LogP contribution in [0, 0.1) is 5.92 Å². The Morgan fingerprint density at radius 1 is 1.16 bits per heavy atom. The third-order valence-electron chi connectivity index (χ3n) is 2.98. The molecule has 0 radical (unpaired) electrons. The molecule has 106 valence electrons. The lowest BCUT2D eigenvalue weighted by molar-refractivity contribution is -0.154. The zero-order valence-corrected chi connectivity index (χ0v) is 12.3. The maximum atomic E-state index is 11.5. The van der Waals surface area contributed by atoms with Crippen LogP contribution in [0.25, 0.3) is 0 Å². The number of carbonyl (C=O) groups is 1. The van der Waals surface area contributed by atoms with Crippen molar-refractivity contribution in [1.82, 2.24) is 0 Å². The van der Waals surface area contributed by atoms with Crippen LogP contribution in [-0.4, -0.2) is 18.7 Å². The molecule has 0 saturated heterocycles. The van der Waals surface area contributed by atoms with Gasteiger partial charge in [-0.1, -0.05) is 39.8 Å². The molecule has 0 spiro atoms. The maximum Gasteiger partial charge on any atom is 0.308 e. The van der Waals surface area contributed by atoms with Gasteiger partial charge in [0.25, 0.3) is 0 Å². The van der Waals surface area contributed by atoms with Crippen LogP contribution in [0.3, 0.4) is 0 Å². The monoisotopic (exact) mass is 264 g/mol. The Labute approximate surface area is 115 Å². The number of aryl methyl sites for hydroxylation is 1. The highest BCUT2D eigenvalue weighted by molar-refractivity contribution is 5.71. The fraction of sp³-hybridized carbons (Fsp3) is 0.562. The first-order valence-corrected chi connectivity index (χ1v) is 6.99. The molecule has 0 aliphatic carbocycles. The zero-order valence-electron chi connectivity index (χ0n) is 12.3. The SMILES string of the molecule is CCc1ccc(OCC(CC)OC(=O)C(C)C)cc1. The van der Waals surface area contributed by atoms with Crippen molar-refractivity contribution in [3.05, 3.63) is 29.8 Å². The van der Waals surface area contributed by atoms with Gasteiger partial charge in [0.15, 0.2) is 0 Å². The van der Waals surface area contributed by atoms with E-state index in [2.05, 4.69) is 19.1 Å². The Morgan fingerprint density at radius 2 is 1.79 bits per heavy atom. The fourth-order valence-electron chi connectivity index (χ4n) is 1.55. The van der Waals surface area contributed by atoms with Gasteiger partial charge < -0.3 is 9.47 Å². The lowest BCUT2D eigenvalue weighted by atomic mass is 10.2. The number of rotatable bonds is 7. The standard InChI is InChI=1S/C16H24O3/c1-5-13-7-9-15(10-8-13)18-11-14(6-2)19-16(17)12(3)4/h7-10,12,14H,5-6,11H2,1-4H3. The number of benzene rings is 1. The third-order valence-corrected chi connectivity index (χ3v) is 2.98. The molecule has 1 rings (SSSR count). The van der Waals surface area contributed by atoms with Crippen LogP contribution >= 0.6 is 0 Å². The molecule has 19 heavy (non-hydrogen) atoms. The Bertz CT molecular complexity index is 381. The Hall–Kier alpha value is -1.51. The molecular formula is C16H24O3. The second-order valence-corrected chi connectivity index (χ2v) is 4.93. The average Bonchev–Trinajstić information content (AvgIpc) is 2.43. The van der Waals surface area contributed by atoms with Crippen LogP contribution in [0.1, 0.15) is 39.7 Å². The molecule has 3 heteroatoms. The van der Waals surface area contributed by atoms with Gasteiger partial charge in [-0.3, -0.25) is 4.79 Å². The molecule has 1 atom stereocenters. The highest BCUT2D eigenvalue weighted by Gasteiger charge is 2.16. The first-order chi connectivity index (χ1) is 9.06. The summed E-state index contributed by atoms with van der Waals surface area (Å²) < 4.78 is 11.0. The highest BCUT2D eigenvalue weighted by atomic mass is 16.6. The quantitative estimate of drug-likeness (QED) is 0.706. The zero-order chi connectivity index (χ0) is 14.3. The van der Waals surface area contributed by atoms with E-state index in [-0.39, 0.29) is 18.0 Å². The van der Waals surface area contributed by atoms with E-state index in [1.807, 2.05) is 32.9 Å². The summed E-state index contributed by atoms with van der Waals surface area (Å²) in [6.07, 6.45) is 1.59. The molecule has 1 aromatic carbocycles. The van der Waals surface area contributed by atoms with Gasteiger partial charge in [-0.2, -0.15) is 0 Å². The van der Waals surface area contributed by atoms with Crippen molar-refractivity contribution in [1.29, 1.82) is 0 Å². The van der Waals surface area contributed by atoms with E-state index < -0.39 is 0 Å². The van der Waals surface area contributed by atoms with Crippen molar-refractivity contribution in [3.8, 4) is 5.75 Å². The number of hydrogen-bond donors (Lipinski definition) is 0. The Kier molecular flexibility index (Phi) is 6.40. The number of carbonyl (C=O) groups excluding carboxylic acids is 1. The molecule has 0 aliphatic rings. The number of ether oxygens (including phenoxy) is 2. The summed E-state index contributed by atoms with van der Waals surface area (Å²) in [5, 5.41) is 0. The van der Waals surface area contributed by atoms with Gasteiger partial charge in [0.1, 0.15) is 18.5 Å². The van der Waals surface area contributed by atoms with E-state index in [1.165, 1.54) is 5.56 Å². The first-order valence-electron chi connectivity index (χ1n) is 6.99. The maximum absolute atomic E-state index is 11.5. The Morgan fingerprint density at radius 3 is 2.26 bits per heavy atom. The predicted octanol–water partition coefficient (Wildman–Crippen LogP) is 3.61. The van der Waals surface area contributed by atoms with Crippen LogP contribution in [0.15, 0.2) is 24.3 Å². The van der Waals surface area contributed by atoms with Crippen molar-refractivity contribution < 1.29 is 14.3 Å². The van der Waals surface area contributed by atoms with Crippen LogP contribution in [0.5, 0.6) is 5.75 Å². The van der Waals surface area contributed by atoms with Crippen LogP contribution < -0.4 is 4.74 Å². The highest BCUT2D eigenvalue weighted by Crippen LogP contribution is 2.14. The summed E-state index contributed by atoms with van der Waals surface area (Å²) in [6, 6.07) is 8.01. The van der Waals surface area contributed by atoms with Crippen molar-refractivity contribution in [2.24, 2.45) is 5.92 Å². The lowest BCUT2D eigenvalue weighted by Gasteiger charge is -2.18. The molecule has 0 heterocycles. The third kappa shape index (κ3) is 5.33. The van der Waals surface area contributed by atoms with E-state index in [1.54, 1.807) is 0 Å². The van der Waals surface area contributed by atoms with Gasteiger partial charge in [-0.15, -0.1) is 0 Å². The van der Waals surface area contributed by atoms with Crippen LogP contribution in [0.2, 0.25) is 0 Å². The minimum absolute atomic E-state index is 0.0992. The van der Waals surface area contributed by atoms with Crippen molar-refractivity contribution in [2.45, 2.75) is 46.6 Å². The molecule has 0 amide bonds. The Balaban J connectivity index is 2.45. The fourth-order valence-corrected chi connectivity index (χ4v) is 1.55. The van der Waals surface area contributed by atoms with E-state index in [0.29, 0.717) is 6.61 Å². The normalized spacial score (nSPS) is 12.3. The molecule has 0 fully saturated rings. The van der Waals surface area contributed by atoms with Crippen molar-refractivity contribution in [2.75, 3.05) is 6.61 Å². The number of esters is 1. The second-order valence-electron chi connectivity index (χ2n) is 4.93. The molecule has 3 nitrogen and oxygen atoms in total. The van der Waals surface area contributed by atoms with Gasteiger partial charge in [0.05, 0.1) is 5.92 Å². The molecule has 0 N–H and O–H groups in total. The summed E-state index contributed by atoms with van der Waals surface area (Å²) in [6.45, 7) is 8.18. The van der Waals surface area contributed by atoms with Crippen molar-refractivity contribution >= 4 is 5.97 Å². The average molecular weight is 264 g/mol. The summed E-state index contributed by atoms with van der Waals surface area (Å²) >= 11 is 0. The molecule has 0 aromatic heterocycles. The van der Waals surface area contributed by atoms with Gasteiger partial charge in [0, 0.05) is 0 Å². The predicted molar refractivity (Wildman–Crippen MR) is 76.3 cm³/mol. The van der Waals surface area contributed by atoms with E-state index >= 15 is 0 Å². The topological polar surface area (TPSA) is 35.5 Å². The smallest absolute Gasteiger partial charge is 0.308 e.